The van der Waals surface area contributed by atoms with E-state index >= 15 is 0 Å². The Morgan fingerprint density at radius 1 is 1.50 bits per heavy atom. The van der Waals surface area contributed by atoms with E-state index in [1.165, 1.54) is 11.3 Å². The number of aliphatic hydroxyl groups is 1. The summed E-state index contributed by atoms with van der Waals surface area (Å²) in [6.07, 6.45) is -0.711. The molecule has 0 spiro atoms. The molecule has 1 aromatic heterocycles. The minimum absolute atomic E-state index is 0.644. The molecular weight excluding hydrogens is 290 g/mol. The number of methoxy groups -OCH3 is 1. The van der Waals surface area contributed by atoms with Crippen molar-refractivity contribution in [1.29, 1.82) is 0 Å². The van der Waals surface area contributed by atoms with Crippen LogP contribution < -0.4 is 4.74 Å². The smallest absolute Gasteiger partial charge is 0.159 e. The van der Waals surface area contributed by atoms with Crippen molar-refractivity contribution in [3.8, 4) is 5.75 Å². The number of aromatic nitrogens is 1. The molecule has 84 valence electrons. The molecule has 0 bridgehead atoms. The van der Waals surface area contributed by atoms with E-state index in [0.717, 1.165) is 15.2 Å². The quantitative estimate of drug-likeness (QED) is 0.947. The minimum Gasteiger partial charge on any atom is -0.497 e. The average Bonchev–Trinajstić information content (AvgIpc) is 2.75. The number of hydrogen-bond acceptors (Lipinski definition) is 4. The molecule has 0 aliphatic carbocycles. The van der Waals surface area contributed by atoms with E-state index in [-0.39, 0.29) is 0 Å². The summed E-state index contributed by atoms with van der Waals surface area (Å²) >= 11 is 4.72. The maximum Gasteiger partial charge on any atom is 0.159 e. The van der Waals surface area contributed by atoms with Gasteiger partial charge in [0.25, 0.3) is 0 Å². The molecule has 1 unspecified atom stereocenters. The lowest BCUT2D eigenvalue weighted by Gasteiger charge is -2.09. The summed E-state index contributed by atoms with van der Waals surface area (Å²) in [5.74, 6) is 0.728. The topological polar surface area (TPSA) is 42.4 Å². The number of thiazole rings is 1. The van der Waals surface area contributed by atoms with Crippen molar-refractivity contribution in [1.82, 2.24) is 4.98 Å². The zero-order valence-electron chi connectivity index (χ0n) is 8.55. The first kappa shape index (κ1) is 11.6. The van der Waals surface area contributed by atoms with Gasteiger partial charge in [-0.3, -0.25) is 0 Å². The van der Waals surface area contributed by atoms with E-state index in [9.17, 15) is 5.11 Å². The Kier molecular flexibility index (Phi) is 3.58. The Labute approximate surface area is 106 Å². The summed E-state index contributed by atoms with van der Waals surface area (Å²) in [4.78, 5) is 4.19. The van der Waals surface area contributed by atoms with Crippen LogP contribution in [0.5, 0.6) is 5.75 Å². The molecular formula is C11H10BrNO2S. The standard InChI is InChI=1S/C11H10BrNO2S/c1-15-8-4-2-3-7(5-8)10(14)9-6-16-11(12)13-9/h2-6,10,14H,1H3. The summed E-state index contributed by atoms with van der Waals surface area (Å²) in [7, 11) is 1.60. The van der Waals surface area contributed by atoms with Gasteiger partial charge in [-0.1, -0.05) is 12.1 Å². The number of ether oxygens (including phenoxy) is 1. The lowest BCUT2D eigenvalue weighted by Crippen LogP contribution is -2.00. The van der Waals surface area contributed by atoms with Gasteiger partial charge in [0.1, 0.15) is 11.9 Å². The summed E-state index contributed by atoms with van der Waals surface area (Å²) < 4.78 is 5.88. The van der Waals surface area contributed by atoms with Crippen molar-refractivity contribution in [3.63, 3.8) is 0 Å². The molecule has 1 N–H and O–H groups in total. The number of halogens is 1. The Morgan fingerprint density at radius 3 is 2.94 bits per heavy atom. The third-order valence-electron chi connectivity index (χ3n) is 2.18. The predicted molar refractivity (Wildman–Crippen MR) is 66.9 cm³/mol. The van der Waals surface area contributed by atoms with Crippen LogP contribution in [0.1, 0.15) is 17.4 Å². The van der Waals surface area contributed by atoms with Gasteiger partial charge < -0.3 is 9.84 Å². The van der Waals surface area contributed by atoms with Crippen molar-refractivity contribution < 1.29 is 9.84 Å². The van der Waals surface area contributed by atoms with Crippen molar-refractivity contribution >= 4 is 27.3 Å². The molecule has 3 nitrogen and oxygen atoms in total. The Balaban J connectivity index is 2.29. The molecule has 1 aromatic carbocycles. The van der Waals surface area contributed by atoms with Gasteiger partial charge in [-0.2, -0.15) is 0 Å². The second-order valence-electron chi connectivity index (χ2n) is 3.20. The van der Waals surface area contributed by atoms with Crippen LogP contribution >= 0.6 is 27.3 Å². The van der Waals surface area contributed by atoms with Crippen molar-refractivity contribution in [2.75, 3.05) is 7.11 Å². The van der Waals surface area contributed by atoms with E-state index in [1.54, 1.807) is 13.2 Å². The van der Waals surface area contributed by atoms with Gasteiger partial charge >= 0.3 is 0 Å². The summed E-state index contributed by atoms with van der Waals surface area (Å²) in [6, 6.07) is 7.34. The van der Waals surface area contributed by atoms with Gasteiger partial charge in [-0.05, 0) is 33.6 Å². The van der Waals surface area contributed by atoms with Gasteiger partial charge in [-0.15, -0.1) is 11.3 Å². The van der Waals surface area contributed by atoms with Gasteiger partial charge in [0.05, 0.1) is 12.8 Å². The highest BCUT2D eigenvalue weighted by Crippen LogP contribution is 2.27. The van der Waals surface area contributed by atoms with Gasteiger partial charge in [0.15, 0.2) is 3.92 Å². The molecule has 0 saturated heterocycles. The number of rotatable bonds is 3. The van der Waals surface area contributed by atoms with E-state index in [0.29, 0.717) is 5.69 Å². The molecule has 2 rings (SSSR count). The molecule has 0 amide bonds. The van der Waals surface area contributed by atoms with Crippen LogP contribution in [-0.2, 0) is 0 Å². The van der Waals surface area contributed by atoms with Crippen LogP contribution in [0, 0.1) is 0 Å². The number of nitrogens with zero attached hydrogens (tertiary/aromatic N) is 1. The number of benzene rings is 1. The van der Waals surface area contributed by atoms with Crippen LogP contribution in [0.2, 0.25) is 0 Å². The van der Waals surface area contributed by atoms with E-state index < -0.39 is 6.10 Å². The fraction of sp³-hybridized carbons (Fsp3) is 0.182. The third-order valence-corrected chi connectivity index (χ3v) is 3.57. The second kappa shape index (κ2) is 4.95. The van der Waals surface area contributed by atoms with Crippen molar-refractivity contribution in [2.45, 2.75) is 6.10 Å². The Bertz CT molecular complexity index is 486. The normalized spacial score (nSPS) is 12.4. The summed E-state index contributed by atoms with van der Waals surface area (Å²) in [5, 5.41) is 11.9. The van der Waals surface area contributed by atoms with E-state index in [2.05, 4.69) is 20.9 Å². The highest BCUT2D eigenvalue weighted by Gasteiger charge is 2.14. The molecule has 0 aliphatic heterocycles. The minimum atomic E-state index is -0.711. The van der Waals surface area contributed by atoms with Crippen LogP contribution in [0.25, 0.3) is 0 Å². The molecule has 16 heavy (non-hydrogen) atoms. The lowest BCUT2D eigenvalue weighted by molar-refractivity contribution is 0.215. The molecule has 2 aromatic rings. The van der Waals surface area contributed by atoms with Crippen molar-refractivity contribution in [2.24, 2.45) is 0 Å². The molecule has 0 fully saturated rings. The molecule has 1 atom stereocenters. The van der Waals surface area contributed by atoms with E-state index in [4.69, 9.17) is 4.74 Å². The summed E-state index contributed by atoms with van der Waals surface area (Å²) in [5.41, 5.74) is 1.42. The van der Waals surface area contributed by atoms with Crippen LogP contribution in [0.15, 0.2) is 33.6 Å². The number of aliphatic hydroxyl groups excluding tert-OH is 1. The number of hydrogen-bond donors (Lipinski definition) is 1. The first-order valence-electron chi connectivity index (χ1n) is 4.63. The van der Waals surface area contributed by atoms with Gasteiger partial charge in [0, 0.05) is 5.38 Å². The maximum absolute atomic E-state index is 10.1. The van der Waals surface area contributed by atoms with Crippen LogP contribution in [-0.4, -0.2) is 17.2 Å². The third kappa shape index (κ3) is 2.42. The fourth-order valence-corrected chi connectivity index (χ4v) is 2.41. The molecule has 1 heterocycles. The van der Waals surface area contributed by atoms with E-state index in [1.807, 2.05) is 23.6 Å². The second-order valence-corrected chi connectivity index (χ2v) is 5.34. The van der Waals surface area contributed by atoms with Crippen LogP contribution in [0.4, 0.5) is 0 Å². The zero-order chi connectivity index (χ0) is 11.5. The zero-order valence-corrected chi connectivity index (χ0v) is 11.0. The highest BCUT2D eigenvalue weighted by molar-refractivity contribution is 9.11. The molecule has 0 aliphatic rings. The highest BCUT2D eigenvalue weighted by atomic mass is 79.9. The maximum atomic E-state index is 10.1. The molecule has 0 radical (unpaired) electrons. The first-order chi connectivity index (χ1) is 7.70. The molecule has 5 heteroatoms. The predicted octanol–water partition coefficient (Wildman–Crippen LogP) is 3.00. The van der Waals surface area contributed by atoms with Gasteiger partial charge in [-0.25, -0.2) is 4.98 Å². The summed E-state index contributed by atoms with van der Waals surface area (Å²) in [6.45, 7) is 0. The monoisotopic (exact) mass is 299 g/mol. The lowest BCUT2D eigenvalue weighted by atomic mass is 10.1. The van der Waals surface area contributed by atoms with Crippen molar-refractivity contribution in [3.05, 3.63) is 44.8 Å². The van der Waals surface area contributed by atoms with Gasteiger partial charge in [0.2, 0.25) is 0 Å². The Morgan fingerprint density at radius 2 is 2.31 bits per heavy atom. The Hall–Kier alpha value is -0.910. The average molecular weight is 300 g/mol. The SMILES string of the molecule is COc1cccc(C(O)c2csc(Br)n2)c1. The van der Waals surface area contributed by atoms with Crippen LogP contribution in [0.3, 0.4) is 0 Å². The fourth-order valence-electron chi connectivity index (χ4n) is 1.37. The first-order valence-corrected chi connectivity index (χ1v) is 6.31. The largest absolute Gasteiger partial charge is 0.497 e. The molecule has 0 saturated carbocycles.